The molecule has 3 heterocycles. The van der Waals surface area contributed by atoms with Crippen molar-refractivity contribution in [3.63, 3.8) is 0 Å². The van der Waals surface area contributed by atoms with Crippen molar-refractivity contribution in [3.05, 3.63) is 41.9 Å². The van der Waals surface area contributed by atoms with Crippen LogP contribution in [0.4, 0.5) is 5.82 Å². The summed E-state index contributed by atoms with van der Waals surface area (Å²) < 4.78 is 5.80. The number of pyridine rings is 1. The molecule has 0 radical (unpaired) electrons. The van der Waals surface area contributed by atoms with Crippen LogP contribution in [0.15, 0.2) is 30.6 Å². The van der Waals surface area contributed by atoms with Crippen molar-refractivity contribution in [2.24, 2.45) is 0 Å². The van der Waals surface area contributed by atoms with Gasteiger partial charge in [-0.1, -0.05) is 0 Å². The normalized spacial score (nSPS) is 18.0. The van der Waals surface area contributed by atoms with Crippen molar-refractivity contribution in [2.75, 3.05) is 32.1 Å². The molecule has 1 aliphatic rings. The molecule has 122 valence electrons. The molecule has 2 aromatic rings. The molecule has 3 rings (SSSR count). The van der Waals surface area contributed by atoms with Gasteiger partial charge in [0.05, 0.1) is 12.7 Å². The molecular formula is C16H21N5O2. The van der Waals surface area contributed by atoms with Crippen LogP contribution in [0.2, 0.25) is 0 Å². The highest BCUT2D eigenvalue weighted by atomic mass is 16.5. The number of amides is 1. The summed E-state index contributed by atoms with van der Waals surface area (Å²) in [7, 11) is 1.86. The molecule has 7 heteroatoms. The van der Waals surface area contributed by atoms with Gasteiger partial charge in [-0.25, -0.2) is 4.98 Å². The third-order valence-electron chi connectivity index (χ3n) is 3.99. The molecule has 1 aliphatic heterocycles. The molecule has 0 saturated carbocycles. The Morgan fingerprint density at radius 2 is 2.39 bits per heavy atom. The number of ether oxygens (including phenoxy) is 1. The number of aryl methyl sites for hydroxylation is 1. The lowest BCUT2D eigenvalue weighted by atomic mass is 10.1. The molecule has 0 spiro atoms. The maximum atomic E-state index is 12.3. The quantitative estimate of drug-likeness (QED) is 0.869. The monoisotopic (exact) mass is 315 g/mol. The third-order valence-corrected chi connectivity index (χ3v) is 3.99. The highest BCUT2D eigenvalue weighted by Crippen LogP contribution is 2.15. The van der Waals surface area contributed by atoms with Crippen LogP contribution in [-0.4, -0.2) is 58.8 Å². The average molecular weight is 315 g/mol. The van der Waals surface area contributed by atoms with E-state index in [0.29, 0.717) is 25.4 Å². The molecule has 2 aromatic heterocycles. The second-order valence-corrected chi connectivity index (χ2v) is 5.55. The number of rotatable bonds is 5. The number of nitrogens with zero attached hydrogens (tertiary/aromatic N) is 3. The van der Waals surface area contributed by atoms with E-state index in [2.05, 4.69) is 20.5 Å². The molecule has 1 fully saturated rings. The fourth-order valence-corrected chi connectivity index (χ4v) is 2.72. The second kappa shape index (κ2) is 7.23. The Morgan fingerprint density at radius 1 is 1.48 bits per heavy atom. The number of anilines is 1. The molecular weight excluding hydrogens is 294 g/mol. The van der Waals surface area contributed by atoms with Crippen LogP contribution in [-0.2, 0) is 11.2 Å². The van der Waals surface area contributed by atoms with Gasteiger partial charge < -0.3 is 15.0 Å². The zero-order chi connectivity index (χ0) is 16.1. The van der Waals surface area contributed by atoms with E-state index in [-0.39, 0.29) is 12.0 Å². The molecule has 0 aromatic carbocycles. The first kappa shape index (κ1) is 15.5. The number of morpholine rings is 1. The van der Waals surface area contributed by atoms with Gasteiger partial charge in [0.2, 0.25) is 0 Å². The standard InChI is InChI=1S/C16H21N5O2/c1-17-15-10-12(4-6-18-15)2-3-13-11-21(8-9-23-13)16(22)14-5-7-19-20-14/h4-7,10,13H,2-3,8-9,11H2,1H3,(H,17,18)(H,19,20)/t13-/m0/s1. The van der Waals surface area contributed by atoms with E-state index in [0.717, 1.165) is 18.7 Å². The van der Waals surface area contributed by atoms with E-state index in [1.807, 2.05) is 24.1 Å². The van der Waals surface area contributed by atoms with E-state index in [1.165, 1.54) is 5.56 Å². The Hall–Kier alpha value is -2.41. The minimum absolute atomic E-state index is 0.0165. The van der Waals surface area contributed by atoms with E-state index in [9.17, 15) is 4.79 Å². The van der Waals surface area contributed by atoms with Crippen LogP contribution < -0.4 is 5.32 Å². The second-order valence-electron chi connectivity index (χ2n) is 5.55. The van der Waals surface area contributed by atoms with Gasteiger partial charge in [0, 0.05) is 32.5 Å². The fraction of sp³-hybridized carbons (Fsp3) is 0.438. The van der Waals surface area contributed by atoms with Crippen molar-refractivity contribution in [3.8, 4) is 0 Å². The number of carbonyl (C=O) groups excluding carboxylic acids is 1. The number of nitrogens with one attached hydrogen (secondary N) is 2. The summed E-state index contributed by atoms with van der Waals surface area (Å²) in [4.78, 5) is 18.4. The molecule has 7 nitrogen and oxygen atoms in total. The third kappa shape index (κ3) is 3.87. The molecule has 0 aliphatic carbocycles. The number of hydrogen-bond donors (Lipinski definition) is 2. The predicted octanol–water partition coefficient (Wildman–Crippen LogP) is 1.32. The summed E-state index contributed by atoms with van der Waals surface area (Å²) in [6, 6.07) is 5.75. The smallest absolute Gasteiger partial charge is 0.272 e. The lowest BCUT2D eigenvalue weighted by Gasteiger charge is -2.32. The van der Waals surface area contributed by atoms with Gasteiger partial charge in [0.15, 0.2) is 0 Å². The summed E-state index contributed by atoms with van der Waals surface area (Å²) in [5.74, 6) is 0.847. The molecule has 23 heavy (non-hydrogen) atoms. The van der Waals surface area contributed by atoms with E-state index in [1.54, 1.807) is 18.5 Å². The van der Waals surface area contributed by atoms with E-state index >= 15 is 0 Å². The highest BCUT2D eigenvalue weighted by Gasteiger charge is 2.25. The fourth-order valence-electron chi connectivity index (χ4n) is 2.72. The predicted molar refractivity (Wildman–Crippen MR) is 86.3 cm³/mol. The maximum Gasteiger partial charge on any atom is 0.272 e. The minimum Gasteiger partial charge on any atom is -0.375 e. The molecule has 1 atom stereocenters. The van der Waals surface area contributed by atoms with Crippen LogP contribution in [0.25, 0.3) is 0 Å². The van der Waals surface area contributed by atoms with Crippen LogP contribution in [0.3, 0.4) is 0 Å². The summed E-state index contributed by atoms with van der Waals surface area (Å²) in [6.07, 6.45) is 5.22. The summed E-state index contributed by atoms with van der Waals surface area (Å²) in [6.45, 7) is 1.80. The number of aromatic amines is 1. The van der Waals surface area contributed by atoms with Gasteiger partial charge in [-0.2, -0.15) is 5.10 Å². The number of aromatic nitrogens is 3. The maximum absolute atomic E-state index is 12.3. The van der Waals surface area contributed by atoms with Crippen LogP contribution >= 0.6 is 0 Å². The molecule has 1 amide bonds. The lowest BCUT2D eigenvalue weighted by Crippen LogP contribution is -2.45. The van der Waals surface area contributed by atoms with Crippen molar-refractivity contribution in [1.29, 1.82) is 0 Å². The SMILES string of the molecule is CNc1cc(CC[C@H]2CN(C(=O)c3ccn[nH]3)CCO2)ccn1. The Morgan fingerprint density at radius 3 is 3.17 bits per heavy atom. The van der Waals surface area contributed by atoms with Crippen LogP contribution in [0.5, 0.6) is 0 Å². The van der Waals surface area contributed by atoms with Gasteiger partial charge in [0.25, 0.3) is 5.91 Å². The largest absolute Gasteiger partial charge is 0.375 e. The summed E-state index contributed by atoms with van der Waals surface area (Å²) in [5.41, 5.74) is 1.74. The Kier molecular flexibility index (Phi) is 4.87. The highest BCUT2D eigenvalue weighted by molar-refractivity contribution is 5.92. The van der Waals surface area contributed by atoms with Crippen molar-refractivity contribution in [2.45, 2.75) is 18.9 Å². The van der Waals surface area contributed by atoms with Crippen molar-refractivity contribution in [1.82, 2.24) is 20.1 Å². The minimum atomic E-state index is -0.0165. The number of H-pyrrole nitrogens is 1. The Bertz CT molecular complexity index is 644. The van der Waals surface area contributed by atoms with E-state index in [4.69, 9.17) is 4.74 Å². The van der Waals surface area contributed by atoms with Gasteiger partial charge in [0.1, 0.15) is 11.5 Å². The molecule has 0 bridgehead atoms. The first-order chi connectivity index (χ1) is 11.3. The zero-order valence-corrected chi connectivity index (χ0v) is 13.2. The van der Waals surface area contributed by atoms with Crippen molar-refractivity contribution < 1.29 is 9.53 Å². The number of carbonyl (C=O) groups is 1. The van der Waals surface area contributed by atoms with Crippen LogP contribution in [0, 0.1) is 0 Å². The summed E-state index contributed by atoms with van der Waals surface area (Å²) in [5, 5.41) is 9.60. The number of hydrogen-bond acceptors (Lipinski definition) is 5. The lowest BCUT2D eigenvalue weighted by molar-refractivity contribution is -0.0247. The Labute approximate surface area is 135 Å². The van der Waals surface area contributed by atoms with Crippen molar-refractivity contribution >= 4 is 11.7 Å². The first-order valence-corrected chi connectivity index (χ1v) is 7.79. The van der Waals surface area contributed by atoms with Gasteiger partial charge >= 0.3 is 0 Å². The van der Waals surface area contributed by atoms with Gasteiger partial charge in [-0.3, -0.25) is 9.89 Å². The van der Waals surface area contributed by atoms with Gasteiger partial charge in [-0.05, 0) is 36.6 Å². The zero-order valence-electron chi connectivity index (χ0n) is 13.2. The molecule has 2 N–H and O–H groups in total. The first-order valence-electron chi connectivity index (χ1n) is 7.79. The topological polar surface area (TPSA) is 83.1 Å². The molecule has 0 unspecified atom stereocenters. The van der Waals surface area contributed by atoms with Crippen LogP contribution in [0.1, 0.15) is 22.5 Å². The van der Waals surface area contributed by atoms with E-state index < -0.39 is 0 Å². The summed E-state index contributed by atoms with van der Waals surface area (Å²) >= 11 is 0. The van der Waals surface area contributed by atoms with Gasteiger partial charge in [-0.15, -0.1) is 0 Å². The molecule has 1 saturated heterocycles. The average Bonchev–Trinajstić information content (AvgIpc) is 3.14. The Balaban J connectivity index is 1.55.